The molecule has 0 amide bonds. The van der Waals surface area contributed by atoms with E-state index < -0.39 is 0 Å². The van der Waals surface area contributed by atoms with Gasteiger partial charge in [-0.05, 0) is 23.8 Å². The summed E-state index contributed by atoms with van der Waals surface area (Å²) in [5.74, 6) is 4.91. The maximum atomic E-state index is 9.40. The summed E-state index contributed by atoms with van der Waals surface area (Å²) in [4.78, 5) is 0. The molecule has 0 bridgehead atoms. The fourth-order valence-electron chi connectivity index (χ4n) is 0.946. The molecular formula is C8H10N4O. The third-order valence-corrected chi connectivity index (χ3v) is 1.59. The Balaban J connectivity index is 2.99. The van der Waals surface area contributed by atoms with E-state index in [1.807, 2.05) is 13.0 Å². The van der Waals surface area contributed by atoms with Crippen molar-refractivity contribution in [3.8, 4) is 5.75 Å². The number of nitrogens with zero attached hydrogens (tertiary/aromatic N) is 3. The second kappa shape index (κ2) is 4.20. The van der Waals surface area contributed by atoms with Gasteiger partial charge in [0.1, 0.15) is 5.75 Å². The van der Waals surface area contributed by atoms with Gasteiger partial charge in [0.05, 0.1) is 6.21 Å². The first-order valence-electron chi connectivity index (χ1n) is 3.67. The Bertz CT molecular complexity index is 326. The zero-order valence-corrected chi connectivity index (χ0v) is 7.18. The summed E-state index contributed by atoms with van der Waals surface area (Å²) < 4.78 is 0. The highest BCUT2D eigenvalue weighted by Crippen LogP contribution is 2.17. The molecule has 0 aliphatic heterocycles. The minimum atomic E-state index is 0.163. The first kappa shape index (κ1) is 9.18. The van der Waals surface area contributed by atoms with E-state index in [0.29, 0.717) is 5.56 Å². The van der Waals surface area contributed by atoms with Gasteiger partial charge in [-0.15, -0.1) is 5.10 Å². The van der Waals surface area contributed by atoms with Gasteiger partial charge in [0.25, 0.3) is 0 Å². The number of aryl methyl sites for hydroxylation is 1. The number of hydrogen-bond donors (Lipinski definition) is 2. The number of hydrogen-bond acceptors (Lipinski definition) is 3. The average molecular weight is 178 g/mol. The molecule has 0 spiro atoms. The first-order valence-corrected chi connectivity index (χ1v) is 3.67. The fourth-order valence-corrected chi connectivity index (χ4v) is 0.946. The Kier molecular flexibility index (Phi) is 2.97. The van der Waals surface area contributed by atoms with E-state index in [1.54, 1.807) is 12.1 Å². The predicted octanol–water partition coefficient (Wildman–Crippen LogP) is 1.36. The van der Waals surface area contributed by atoms with Crippen LogP contribution in [-0.4, -0.2) is 11.3 Å². The maximum absolute atomic E-state index is 9.40. The summed E-state index contributed by atoms with van der Waals surface area (Å²) in [5, 5.41) is 19.1. The molecule has 0 heterocycles. The predicted molar refractivity (Wildman–Crippen MR) is 49.5 cm³/mol. The van der Waals surface area contributed by atoms with E-state index in [2.05, 4.69) is 15.5 Å². The summed E-state index contributed by atoms with van der Waals surface area (Å²) >= 11 is 0. The molecule has 0 radical (unpaired) electrons. The molecule has 13 heavy (non-hydrogen) atoms. The van der Waals surface area contributed by atoms with Crippen LogP contribution in [0.15, 0.2) is 33.7 Å². The number of phenolic OH excluding ortho intramolecular Hbond substituents is 1. The molecule has 0 aromatic heterocycles. The maximum Gasteiger partial charge on any atom is 0.124 e. The third-order valence-electron chi connectivity index (χ3n) is 1.59. The van der Waals surface area contributed by atoms with Crippen LogP contribution in [0.5, 0.6) is 5.75 Å². The molecule has 3 N–H and O–H groups in total. The Morgan fingerprint density at radius 2 is 2.23 bits per heavy atom. The largest absolute Gasteiger partial charge is 0.507 e. The second-order valence-electron chi connectivity index (χ2n) is 2.46. The molecule has 68 valence electrons. The van der Waals surface area contributed by atoms with Crippen molar-refractivity contribution in [2.24, 2.45) is 21.4 Å². The van der Waals surface area contributed by atoms with Crippen LogP contribution in [0.1, 0.15) is 11.1 Å². The lowest BCUT2D eigenvalue weighted by Gasteiger charge is -2.00. The van der Waals surface area contributed by atoms with Crippen molar-refractivity contribution in [3.63, 3.8) is 0 Å². The highest BCUT2D eigenvalue weighted by molar-refractivity contribution is 5.85. The number of aromatic hydroxyl groups is 1. The van der Waals surface area contributed by atoms with Gasteiger partial charge in [-0.1, -0.05) is 17.4 Å². The monoisotopic (exact) mass is 178 g/mol. The average Bonchev–Trinajstić information content (AvgIpc) is 2.10. The van der Waals surface area contributed by atoms with Crippen LogP contribution in [0.2, 0.25) is 0 Å². The van der Waals surface area contributed by atoms with Crippen molar-refractivity contribution in [1.29, 1.82) is 0 Å². The summed E-state index contributed by atoms with van der Waals surface area (Å²) in [6.07, 6.45) is 1.40. The summed E-state index contributed by atoms with van der Waals surface area (Å²) in [6.45, 7) is 1.86. The Morgan fingerprint density at radius 1 is 1.46 bits per heavy atom. The minimum Gasteiger partial charge on any atom is -0.507 e. The topological polar surface area (TPSA) is 83.3 Å². The van der Waals surface area contributed by atoms with Crippen molar-refractivity contribution in [3.05, 3.63) is 29.3 Å². The van der Waals surface area contributed by atoms with Gasteiger partial charge in [0.2, 0.25) is 0 Å². The zero-order valence-electron chi connectivity index (χ0n) is 7.18. The van der Waals surface area contributed by atoms with E-state index >= 15 is 0 Å². The van der Waals surface area contributed by atoms with E-state index in [0.717, 1.165) is 5.56 Å². The smallest absolute Gasteiger partial charge is 0.124 e. The van der Waals surface area contributed by atoms with Crippen LogP contribution in [0.3, 0.4) is 0 Å². The van der Waals surface area contributed by atoms with Gasteiger partial charge < -0.3 is 10.9 Å². The molecule has 0 fully saturated rings. The van der Waals surface area contributed by atoms with Crippen LogP contribution in [0.25, 0.3) is 0 Å². The van der Waals surface area contributed by atoms with Gasteiger partial charge in [0.15, 0.2) is 0 Å². The van der Waals surface area contributed by atoms with Crippen LogP contribution in [-0.2, 0) is 0 Å². The SMILES string of the molecule is Cc1cccc(O)c1/C=N/N=N\N. The molecule has 5 heteroatoms. The molecule has 1 aromatic carbocycles. The van der Waals surface area contributed by atoms with E-state index in [4.69, 9.17) is 5.84 Å². The van der Waals surface area contributed by atoms with E-state index in [-0.39, 0.29) is 5.75 Å². The van der Waals surface area contributed by atoms with Gasteiger partial charge in [-0.25, -0.2) is 0 Å². The quantitative estimate of drug-likeness (QED) is 0.310. The van der Waals surface area contributed by atoms with Crippen LogP contribution in [0, 0.1) is 6.92 Å². The van der Waals surface area contributed by atoms with Crippen molar-refractivity contribution in [1.82, 2.24) is 0 Å². The number of nitrogens with two attached hydrogens (primary N) is 1. The molecule has 0 aliphatic carbocycles. The molecule has 0 saturated carbocycles. The highest BCUT2D eigenvalue weighted by Gasteiger charge is 1.99. The Hall–Kier alpha value is -1.91. The molecule has 0 saturated heterocycles. The number of phenols is 1. The number of rotatable bonds is 2. The van der Waals surface area contributed by atoms with E-state index in [1.165, 1.54) is 6.21 Å². The Morgan fingerprint density at radius 3 is 2.85 bits per heavy atom. The lowest BCUT2D eigenvalue weighted by molar-refractivity contribution is 0.474. The van der Waals surface area contributed by atoms with Crippen LogP contribution < -0.4 is 5.84 Å². The van der Waals surface area contributed by atoms with Crippen LogP contribution >= 0.6 is 0 Å². The molecule has 0 atom stereocenters. The normalized spacial score (nSPS) is 11.5. The minimum absolute atomic E-state index is 0.163. The lowest BCUT2D eigenvalue weighted by Crippen LogP contribution is -1.86. The summed E-state index contributed by atoms with van der Waals surface area (Å²) in [5.41, 5.74) is 1.53. The van der Waals surface area contributed by atoms with Gasteiger partial charge in [-0.3, -0.25) is 0 Å². The van der Waals surface area contributed by atoms with Gasteiger partial charge >= 0.3 is 0 Å². The Labute approximate surface area is 75.6 Å². The molecule has 1 aromatic rings. The lowest BCUT2D eigenvalue weighted by atomic mass is 10.1. The second-order valence-corrected chi connectivity index (χ2v) is 2.46. The first-order chi connectivity index (χ1) is 6.25. The highest BCUT2D eigenvalue weighted by atomic mass is 16.3. The van der Waals surface area contributed by atoms with Gasteiger partial charge in [-0.2, -0.15) is 0 Å². The van der Waals surface area contributed by atoms with Crippen molar-refractivity contribution in [2.45, 2.75) is 6.92 Å². The molecule has 0 unspecified atom stereocenters. The van der Waals surface area contributed by atoms with Crippen molar-refractivity contribution >= 4 is 6.21 Å². The molecule has 5 nitrogen and oxygen atoms in total. The van der Waals surface area contributed by atoms with E-state index in [9.17, 15) is 5.11 Å². The van der Waals surface area contributed by atoms with Gasteiger partial charge in [0, 0.05) is 5.56 Å². The summed E-state index contributed by atoms with van der Waals surface area (Å²) in [7, 11) is 0. The molecule has 0 aliphatic rings. The van der Waals surface area contributed by atoms with Crippen LogP contribution in [0.4, 0.5) is 0 Å². The van der Waals surface area contributed by atoms with Crippen molar-refractivity contribution in [2.75, 3.05) is 0 Å². The summed E-state index contributed by atoms with van der Waals surface area (Å²) in [6, 6.07) is 5.20. The molecule has 1 rings (SSSR count). The standard InChI is InChI=1S/C8H10N4O/c1-6-3-2-4-8(13)7(6)5-10-12-11-9/h2-5,13H,1H3,(H2,9,12)/b10-5+. The molecular weight excluding hydrogens is 168 g/mol. The number of benzene rings is 1. The fraction of sp³-hybridized carbons (Fsp3) is 0.125. The third kappa shape index (κ3) is 2.26. The zero-order chi connectivity index (χ0) is 9.68. The van der Waals surface area contributed by atoms with Crippen molar-refractivity contribution < 1.29 is 5.11 Å².